The molecule has 94 valence electrons. The summed E-state index contributed by atoms with van der Waals surface area (Å²) in [7, 11) is 1.60. The minimum Gasteiger partial charge on any atom is -0.495 e. The molecule has 1 aromatic rings. The van der Waals surface area contributed by atoms with Crippen molar-refractivity contribution in [2.75, 3.05) is 25.5 Å². The number of nitrogens with one attached hydrogen (secondary N) is 2. The molecule has 0 aliphatic heterocycles. The van der Waals surface area contributed by atoms with Crippen molar-refractivity contribution >= 4 is 11.6 Å². The summed E-state index contributed by atoms with van der Waals surface area (Å²) in [4.78, 5) is 11.6. The van der Waals surface area contributed by atoms with Gasteiger partial charge in [0, 0.05) is 0 Å². The minimum atomic E-state index is -0.0617. The third-order valence-electron chi connectivity index (χ3n) is 2.63. The highest BCUT2D eigenvalue weighted by molar-refractivity contribution is 5.93. The molecule has 4 nitrogen and oxygen atoms in total. The lowest BCUT2D eigenvalue weighted by Gasteiger charge is -2.13. The highest BCUT2D eigenvalue weighted by Crippen LogP contribution is 2.27. The number of benzene rings is 1. The van der Waals surface area contributed by atoms with Crippen LogP contribution in [0.15, 0.2) is 12.1 Å². The van der Waals surface area contributed by atoms with Crippen molar-refractivity contribution < 1.29 is 9.53 Å². The summed E-state index contributed by atoms with van der Waals surface area (Å²) < 4.78 is 5.25. The molecule has 0 heterocycles. The van der Waals surface area contributed by atoms with E-state index in [0.29, 0.717) is 12.3 Å². The van der Waals surface area contributed by atoms with Crippen molar-refractivity contribution in [3.63, 3.8) is 0 Å². The fraction of sp³-hybridized carbons (Fsp3) is 0.462. The van der Waals surface area contributed by atoms with Crippen molar-refractivity contribution in [3.8, 4) is 5.75 Å². The highest BCUT2D eigenvalue weighted by Gasteiger charge is 2.08. The van der Waals surface area contributed by atoms with Crippen molar-refractivity contribution in [2.45, 2.75) is 20.8 Å². The topological polar surface area (TPSA) is 50.4 Å². The van der Waals surface area contributed by atoms with E-state index in [1.54, 1.807) is 7.11 Å². The van der Waals surface area contributed by atoms with E-state index in [2.05, 4.69) is 10.6 Å². The van der Waals surface area contributed by atoms with E-state index in [9.17, 15) is 4.79 Å². The molecular formula is C13H20N2O2. The second-order valence-corrected chi connectivity index (χ2v) is 3.97. The van der Waals surface area contributed by atoms with Crippen LogP contribution in [0.1, 0.15) is 18.1 Å². The number of carbonyl (C=O) groups is 1. The van der Waals surface area contributed by atoms with Crippen LogP contribution in [0.5, 0.6) is 5.75 Å². The molecule has 17 heavy (non-hydrogen) atoms. The van der Waals surface area contributed by atoms with Crippen LogP contribution < -0.4 is 15.4 Å². The summed E-state index contributed by atoms with van der Waals surface area (Å²) in [6.07, 6.45) is 0. The second-order valence-electron chi connectivity index (χ2n) is 3.97. The molecular weight excluding hydrogens is 216 g/mol. The first-order chi connectivity index (χ1) is 8.08. The Morgan fingerprint density at radius 1 is 1.29 bits per heavy atom. The van der Waals surface area contributed by atoms with Crippen LogP contribution in [-0.2, 0) is 4.79 Å². The van der Waals surface area contributed by atoms with Gasteiger partial charge < -0.3 is 15.4 Å². The van der Waals surface area contributed by atoms with Gasteiger partial charge in [0.1, 0.15) is 5.75 Å². The molecule has 0 unspecified atom stereocenters. The number of carbonyl (C=O) groups excluding carboxylic acids is 1. The third kappa shape index (κ3) is 3.75. The number of aryl methyl sites for hydroxylation is 2. The van der Waals surface area contributed by atoms with Crippen molar-refractivity contribution in [2.24, 2.45) is 0 Å². The molecule has 0 fully saturated rings. The molecule has 1 amide bonds. The van der Waals surface area contributed by atoms with Crippen LogP contribution in [0.25, 0.3) is 0 Å². The molecule has 1 rings (SSSR count). The molecule has 0 atom stereocenters. The molecule has 0 spiro atoms. The van der Waals surface area contributed by atoms with E-state index < -0.39 is 0 Å². The van der Waals surface area contributed by atoms with Crippen LogP contribution in [0.3, 0.4) is 0 Å². The maximum Gasteiger partial charge on any atom is 0.238 e. The highest BCUT2D eigenvalue weighted by atomic mass is 16.5. The smallest absolute Gasteiger partial charge is 0.238 e. The first kappa shape index (κ1) is 13.5. The molecule has 0 aromatic heterocycles. The van der Waals surface area contributed by atoms with Crippen molar-refractivity contribution in [1.82, 2.24) is 5.32 Å². The fourth-order valence-corrected chi connectivity index (χ4v) is 1.49. The molecule has 0 bridgehead atoms. The predicted octanol–water partition coefficient (Wildman–Crippen LogP) is 1.86. The Balaban J connectivity index is 2.82. The van der Waals surface area contributed by atoms with E-state index in [-0.39, 0.29) is 5.91 Å². The Hall–Kier alpha value is -1.55. The van der Waals surface area contributed by atoms with E-state index >= 15 is 0 Å². The maximum atomic E-state index is 11.6. The van der Waals surface area contributed by atoms with Gasteiger partial charge in [-0.2, -0.15) is 0 Å². The molecule has 2 N–H and O–H groups in total. The second kappa shape index (κ2) is 6.25. The van der Waals surface area contributed by atoms with Gasteiger partial charge in [-0.3, -0.25) is 4.79 Å². The van der Waals surface area contributed by atoms with Crippen LogP contribution in [0.4, 0.5) is 5.69 Å². The van der Waals surface area contributed by atoms with Gasteiger partial charge in [-0.15, -0.1) is 0 Å². The minimum absolute atomic E-state index is 0.0617. The van der Waals surface area contributed by atoms with Gasteiger partial charge >= 0.3 is 0 Å². The van der Waals surface area contributed by atoms with Gasteiger partial charge in [-0.05, 0) is 43.7 Å². The molecule has 0 saturated heterocycles. The predicted molar refractivity (Wildman–Crippen MR) is 69.6 cm³/mol. The van der Waals surface area contributed by atoms with Gasteiger partial charge in [0.05, 0.1) is 19.3 Å². The number of methoxy groups -OCH3 is 1. The summed E-state index contributed by atoms with van der Waals surface area (Å²) >= 11 is 0. The van der Waals surface area contributed by atoms with Crippen LogP contribution >= 0.6 is 0 Å². The monoisotopic (exact) mass is 236 g/mol. The van der Waals surface area contributed by atoms with Crippen LogP contribution in [-0.4, -0.2) is 26.1 Å². The number of anilines is 1. The Bertz CT molecular complexity index is 403. The quantitative estimate of drug-likeness (QED) is 0.820. The zero-order valence-electron chi connectivity index (χ0n) is 10.9. The number of hydrogen-bond donors (Lipinski definition) is 2. The standard InChI is InChI=1S/C13H20N2O2/c1-5-14-8-13(16)15-11-6-9(2)10(3)7-12(11)17-4/h6-7,14H,5,8H2,1-4H3,(H,15,16). The Kier molecular flexibility index (Phi) is 4.97. The zero-order valence-corrected chi connectivity index (χ0v) is 10.9. The van der Waals surface area contributed by atoms with E-state index in [1.165, 1.54) is 0 Å². The summed E-state index contributed by atoms with van der Waals surface area (Å²) in [6.45, 7) is 7.07. The van der Waals surface area contributed by atoms with Gasteiger partial charge in [0.2, 0.25) is 5.91 Å². The largest absolute Gasteiger partial charge is 0.495 e. The van der Waals surface area contributed by atoms with E-state index in [1.807, 2.05) is 32.9 Å². The van der Waals surface area contributed by atoms with Gasteiger partial charge in [0.25, 0.3) is 0 Å². The zero-order chi connectivity index (χ0) is 12.8. The molecule has 0 radical (unpaired) electrons. The maximum absolute atomic E-state index is 11.6. The summed E-state index contributed by atoms with van der Waals surface area (Å²) in [5, 5.41) is 5.82. The lowest BCUT2D eigenvalue weighted by atomic mass is 10.1. The van der Waals surface area contributed by atoms with Gasteiger partial charge in [-0.1, -0.05) is 6.92 Å². The number of ether oxygens (including phenoxy) is 1. The SMILES string of the molecule is CCNCC(=O)Nc1cc(C)c(C)cc1OC. The number of amides is 1. The van der Waals surface area contributed by atoms with E-state index in [4.69, 9.17) is 4.74 Å². The summed E-state index contributed by atoms with van der Waals surface area (Å²) in [5.41, 5.74) is 2.99. The van der Waals surface area contributed by atoms with Gasteiger partial charge in [0.15, 0.2) is 0 Å². The average Bonchev–Trinajstić information content (AvgIpc) is 2.31. The summed E-state index contributed by atoms with van der Waals surface area (Å²) in [6, 6.07) is 3.86. The molecule has 0 aliphatic carbocycles. The van der Waals surface area contributed by atoms with Crippen molar-refractivity contribution in [3.05, 3.63) is 23.3 Å². The molecule has 0 aliphatic rings. The van der Waals surface area contributed by atoms with E-state index in [0.717, 1.165) is 23.4 Å². The molecule has 0 saturated carbocycles. The Morgan fingerprint density at radius 2 is 1.94 bits per heavy atom. The molecule has 4 heteroatoms. The third-order valence-corrected chi connectivity index (χ3v) is 2.63. The van der Waals surface area contributed by atoms with Crippen LogP contribution in [0, 0.1) is 13.8 Å². The first-order valence-corrected chi connectivity index (χ1v) is 5.74. The Morgan fingerprint density at radius 3 is 2.53 bits per heavy atom. The average molecular weight is 236 g/mol. The van der Waals surface area contributed by atoms with Crippen molar-refractivity contribution in [1.29, 1.82) is 0 Å². The number of likely N-dealkylation sites (N-methyl/N-ethyl adjacent to an activating group) is 1. The Labute approximate surface area is 102 Å². The number of hydrogen-bond acceptors (Lipinski definition) is 3. The normalized spacial score (nSPS) is 10.1. The lowest BCUT2D eigenvalue weighted by Crippen LogP contribution is -2.27. The fourth-order valence-electron chi connectivity index (χ4n) is 1.49. The number of rotatable bonds is 5. The molecule has 1 aromatic carbocycles. The lowest BCUT2D eigenvalue weighted by molar-refractivity contribution is -0.115. The van der Waals surface area contributed by atoms with Crippen LogP contribution in [0.2, 0.25) is 0 Å². The first-order valence-electron chi connectivity index (χ1n) is 5.74. The van der Waals surface area contributed by atoms with Gasteiger partial charge in [-0.25, -0.2) is 0 Å². The summed E-state index contributed by atoms with van der Waals surface area (Å²) in [5.74, 6) is 0.631.